The largest absolute Gasteiger partial charge is 0.291 e. The Morgan fingerprint density at radius 3 is 1.65 bits per heavy atom. The highest BCUT2D eigenvalue weighted by atomic mass is 19.3. The Morgan fingerprint density at radius 2 is 1.25 bits per heavy atom. The summed E-state index contributed by atoms with van der Waals surface area (Å²) in [4.78, 5) is 2.13. The number of likely N-dealkylation sites (tertiary alicyclic amines) is 1. The maximum absolute atomic E-state index is 12.7. The second-order valence-corrected chi connectivity index (χ2v) is 5.27. The van der Waals surface area contributed by atoms with E-state index in [-0.39, 0.29) is 6.04 Å². The molecule has 1 nitrogen and oxygen atoms in total. The van der Waals surface area contributed by atoms with Gasteiger partial charge < -0.3 is 0 Å². The van der Waals surface area contributed by atoms with Crippen LogP contribution in [0.15, 0.2) is 60.7 Å². The molecule has 0 bridgehead atoms. The fourth-order valence-corrected chi connectivity index (χ4v) is 2.80. The van der Waals surface area contributed by atoms with Crippen LogP contribution in [0.2, 0.25) is 0 Å². The summed E-state index contributed by atoms with van der Waals surface area (Å²) < 4.78 is 25.4. The highest BCUT2D eigenvalue weighted by Crippen LogP contribution is 2.35. The standard InChI is InChI=1S/C17H17F2N/c18-17(19)15-11-20(12-15)16(13-7-3-1-4-8-13)14-9-5-2-6-10-14/h1-10,15-17H,11-12H2. The Hall–Kier alpha value is -1.74. The summed E-state index contributed by atoms with van der Waals surface area (Å²) in [6, 6.07) is 20.3. The van der Waals surface area contributed by atoms with Gasteiger partial charge in [0, 0.05) is 19.0 Å². The lowest BCUT2D eigenvalue weighted by Crippen LogP contribution is -2.51. The van der Waals surface area contributed by atoms with Crippen molar-refractivity contribution < 1.29 is 8.78 Å². The van der Waals surface area contributed by atoms with Crippen molar-refractivity contribution >= 4 is 0 Å². The summed E-state index contributed by atoms with van der Waals surface area (Å²) >= 11 is 0. The van der Waals surface area contributed by atoms with Crippen LogP contribution in [-0.4, -0.2) is 24.4 Å². The third-order valence-electron chi connectivity index (χ3n) is 3.89. The highest BCUT2D eigenvalue weighted by Gasteiger charge is 2.38. The first-order chi connectivity index (χ1) is 9.75. The average molecular weight is 273 g/mol. The molecule has 0 radical (unpaired) electrons. The predicted octanol–water partition coefficient (Wildman–Crippen LogP) is 3.97. The third kappa shape index (κ3) is 2.59. The van der Waals surface area contributed by atoms with Gasteiger partial charge in [0.15, 0.2) is 0 Å². The van der Waals surface area contributed by atoms with Crippen LogP contribution in [-0.2, 0) is 0 Å². The molecule has 1 heterocycles. The van der Waals surface area contributed by atoms with E-state index in [1.165, 1.54) is 0 Å². The van der Waals surface area contributed by atoms with E-state index in [4.69, 9.17) is 0 Å². The van der Waals surface area contributed by atoms with Crippen molar-refractivity contribution in [1.29, 1.82) is 0 Å². The van der Waals surface area contributed by atoms with Crippen LogP contribution >= 0.6 is 0 Å². The monoisotopic (exact) mass is 273 g/mol. The Kier molecular flexibility index (Phi) is 3.79. The molecule has 1 aliphatic heterocycles. The van der Waals surface area contributed by atoms with E-state index in [1.807, 2.05) is 36.4 Å². The Morgan fingerprint density at radius 1 is 0.800 bits per heavy atom. The molecule has 104 valence electrons. The minimum absolute atomic E-state index is 0.0763. The van der Waals surface area contributed by atoms with Crippen molar-refractivity contribution in [3.05, 3.63) is 71.8 Å². The van der Waals surface area contributed by atoms with Crippen LogP contribution in [0.3, 0.4) is 0 Å². The second kappa shape index (κ2) is 5.71. The predicted molar refractivity (Wildman–Crippen MR) is 75.8 cm³/mol. The molecule has 0 saturated carbocycles. The molecule has 0 aliphatic carbocycles. The van der Waals surface area contributed by atoms with Gasteiger partial charge in [-0.15, -0.1) is 0 Å². The summed E-state index contributed by atoms with van der Waals surface area (Å²) in [6.07, 6.45) is -2.21. The van der Waals surface area contributed by atoms with E-state index >= 15 is 0 Å². The minimum atomic E-state index is -2.21. The first kappa shape index (κ1) is 13.3. The second-order valence-electron chi connectivity index (χ2n) is 5.27. The van der Waals surface area contributed by atoms with Crippen molar-refractivity contribution in [3.63, 3.8) is 0 Å². The summed E-state index contributed by atoms with van der Waals surface area (Å²) in [5, 5.41) is 0. The van der Waals surface area contributed by atoms with E-state index in [0.717, 1.165) is 11.1 Å². The van der Waals surface area contributed by atoms with Gasteiger partial charge in [-0.2, -0.15) is 0 Å². The van der Waals surface area contributed by atoms with Crippen molar-refractivity contribution in [2.75, 3.05) is 13.1 Å². The molecule has 1 saturated heterocycles. The van der Waals surface area contributed by atoms with Gasteiger partial charge in [0.1, 0.15) is 0 Å². The lowest BCUT2D eigenvalue weighted by molar-refractivity contribution is -0.0376. The van der Waals surface area contributed by atoms with Crippen molar-refractivity contribution in [1.82, 2.24) is 4.90 Å². The number of halogens is 2. The van der Waals surface area contributed by atoms with Gasteiger partial charge in [0.2, 0.25) is 6.43 Å². The van der Waals surface area contributed by atoms with Gasteiger partial charge in [-0.3, -0.25) is 4.90 Å². The van der Waals surface area contributed by atoms with Crippen molar-refractivity contribution in [3.8, 4) is 0 Å². The van der Waals surface area contributed by atoms with E-state index in [9.17, 15) is 8.78 Å². The fourth-order valence-electron chi connectivity index (χ4n) is 2.80. The number of hydrogen-bond acceptors (Lipinski definition) is 1. The molecule has 0 amide bonds. The number of hydrogen-bond donors (Lipinski definition) is 0. The van der Waals surface area contributed by atoms with Crippen LogP contribution in [0.4, 0.5) is 8.78 Å². The molecular formula is C17H17F2N. The Bertz CT molecular complexity index is 496. The zero-order valence-electron chi connectivity index (χ0n) is 11.1. The van der Waals surface area contributed by atoms with Crippen molar-refractivity contribution in [2.24, 2.45) is 5.92 Å². The molecule has 20 heavy (non-hydrogen) atoms. The SMILES string of the molecule is FC(F)C1CN(C(c2ccccc2)c2ccccc2)C1. The molecule has 0 unspecified atom stereocenters. The molecule has 0 aromatic heterocycles. The lowest BCUT2D eigenvalue weighted by Gasteiger charge is -2.44. The van der Waals surface area contributed by atoms with Crippen LogP contribution in [0.5, 0.6) is 0 Å². The zero-order valence-corrected chi connectivity index (χ0v) is 11.1. The van der Waals surface area contributed by atoms with Crippen LogP contribution in [0.1, 0.15) is 17.2 Å². The molecule has 1 fully saturated rings. The smallest absolute Gasteiger partial charge is 0.243 e. The number of rotatable bonds is 4. The summed E-state index contributed by atoms with van der Waals surface area (Å²) in [7, 11) is 0. The summed E-state index contributed by atoms with van der Waals surface area (Å²) in [6.45, 7) is 0.929. The van der Waals surface area contributed by atoms with Gasteiger partial charge in [-0.05, 0) is 11.1 Å². The lowest BCUT2D eigenvalue weighted by atomic mass is 9.90. The molecule has 0 atom stereocenters. The van der Waals surface area contributed by atoms with E-state index in [2.05, 4.69) is 29.2 Å². The third-order valence-corrected chi connectivity index (χ3v) is 3.89. The molecule has 3 rings (SSSR count). The first-order valence-corrected chi connectivity index (χ1v) is 6.88. The van der Waals surface area contributed by atoms with Crippen molar-refractivity contribution in [2.45, 2.75) is 12.5 Å². The van der Waals surface area contributed by atoms with E-state index < -0.39 is 12.3 Å². The molecular weight excluding hydrogens is 256 g/mol. The van der Waals surface area contributed by atoms with Gasteiger partial charge in [-0.25, -0.2) is 8.78 Å². The first-order valence-electron chi connectivity index (χ1n) is 6.88. The molecule has 0 spiro atoms. The van der Waals surface area contributed by atoms with E-state index in [0.29, 0.717) is 13.1 Å². The zero-order chi connectivity index (χ0) is 13.9. The molecule has 0 N–H and O–H groups in total. The maximum atomic E-state index is 12.7. The van der Waals surface area contributed by atoms with Gasteiger partial charge in [0.25, 0.3) is 0 Å². The van der Waals surface area contributed by atoms with Gasteiger partial charge in [-0.1, -0.05) is 60.7 Å². The molecule has 2 aromatic carbocycles. The molecule has 3 heteroatoms. The normalized spacial score (nSPS) is 16.6. The highest BCUT2D eigenvalue weighted by molar-refractivity contribution is 5.32. The van der Waals surface area contributed by atoms with Gasteiger partial charge >= 0.3 is 0 Å². The summed E-state index contributed by atoms with van der Waals surface area (Å²) in [5.74, 6) is -0.482. The Labute approximate surface area is 117 Å². The number of alkyl halides is 2. The number of nitrogens with zero attached hydrogens (tertiary/aromatic N) is 1. The van der Waals surface area contributed by atoms with Crippen LogP contribution < -0.4 is 0 Å². The van der Waals surface area contributed by atoms with Gasteiger partial charge in [0.05, 0.1) is 6.04 Å². The Balaban J connectivity index is 1.86. The maximum Gasteiger partial charge on any atom is 0.243 e. The molecule has 1 aliphatic rings. The molecule has 2 aromatic rings. The summed E-state index contributed by atoms with van der Waals surface area (Å²) in [5.41, 5.74) is 2.32. The minimum Gasteiger partial charge on any atom is -0.291 e. The van der Waals surface area contributed by atoms with E-state index in [1.54, 1.807) is 0 Å². The quantitative estimate of drug-likeness (QED) is 0.814. The number of benzene rings is 2. The fraction of sp³-hybridized carbons (Fsp3) is 0.294. The average Bonchev–Trinajstić information content (AvgIpc) is 2.43. The topological polar surface area (TPSA) is 3.24 Å². The van der Waals surface area contributed by atoms with Crippen LogP contribution in [0, 0.1) is 5.92 Å². The van der Waals surface area contributed by atoms with Crippen LogP contribution in [0.25, 0.3) is 0 Å².